The van der Waals surface area contributed by atoms with E-state index >= 15 is 0 Å². The first-order valence-corrected chi connectivity index (χ1v) is 23.4. The van der Waals surface area contributed by atoms with Gasteiger partial charge in [-0.05, 0) is 91.2 Å². The number of methoxy groups -OCH3 is 4. The Labute approximate surface area is 407 Å². The van der Waals surface area contributed by atoms with E-state index in [4.69, 9.17) is 36.6 Å². The van der Waals surface area contributed by atoms with E-state index in [-0.39, 0.29) is 87.9 Å². The number of allylic oxidation sites excluding steroid dienone is 4. The van der Waals surface area contributed by atoms with Crippen molar-refractivity contribution in [3.8, 4) is 23.0 Å². The van der Waals surface area contributed by atoms with Crippen LogP contribution < -0.4 is 18.9 Å². The van der Waals surface area contributed by atoms with Gasteiger partial charge in [0.05, 0.1) is 41.6 Å². The monoisotopic (exact) mass is 931 g/mol. The lowest BCUT2D eigenvalue weighted by atomic mass is 9.83. The third kappa shape index (κ3) is 20.6. The van der Waals surface area contributed by atoms with Crippen LogP contribution in [-0.2, 0) is 19.1 Å². The summed E-state index contributed by atoms with van der Waals surface area (Å²) in [6, 6.07) is 9.47. The fraction of sp³-hybridized carbons (Fsp3) is 0.648. The molecule has 0 aromatic heterocycles. The number of carbonyl (C=O) groups is 3. The smallest absolute Gasteiger partial charge is 0.225 e. The first-order valence-electron chi connectivity index (χ1n) is 26.4. The van der Waals surface area contributed by atoms with Crippen molar-refractivity contribution in [2.75, 3.05) is 82.9 Å². The Kier molecular flexibility index (Phi) is 24.3. The van der Waals surface area contributed by atoms with Crippen LogP contribution in [-0.4, -0.2) is 115 Å². The van der Waals surface area contributed by atoms with Gasteiger partial charge in [0, 0.05) is 91.8 Å². The number of carbonyl (C=O) groups excluding carboxylic acids is 3. The van der Waals surface area contributed by atoms with E-state index in [0.29, 0.717) is 76.1 Å². The number of rotatable bonds is 30. The van der Waals surface area contributed by atoms with Crippen LogP contribution in [0.4, 0.5) is 0 Å². The number of Topliss-reactive ketones (excluding diaryl/α,β-unsaturated/α-hetero) is 1. The molecule has 0 fully saturated rings. The average Bonchev–Trinajstić information content (AvgIpc) is 3.27. The van der Waals surface area contributed by atoms with Crippen LogP contribution in [0.5, 0.6) is 23.0 Å². The van der Waals surface area contributed by atoms with Crippen molar-refractivity contribution >= 4 is 17.6 Å². The van der Waals surface area contributed by atoms with Gasteiger partial charge < -0.3 is 43.3 Å². The third-order valence-electron chi connectivity index (χ3n) is 11.7. The van der Waals surface area contributed by atoms with E-state index in [1.54, 1.807) is 76.5 Å². The standard InChI is InChI=1S/C27H45NO5.C27H43NO5/c2*1-19(2)22(12-9-10-13-23(20(3)4)27(30)28(5)6)26(29)21-14-15-24(32-8)25(18-21)33-17-11-16-31-7/h9-10,14-15,18-20,22-23,26,29H,11-13,16-17H2,1-8H3;9-10,14-15,18-20,22-23H,11-13,16-17H2,1-8H3/b2*10-9+/t22?,23-,26?;22?,23-/m00/s1/i2*8D3. The molecule has 5 atom stereocenters. The highest BCUT2D eigenvalue weighted by atomic mass is 16.5. The molecule has 3 unspecified atom stereocenters. The summed E-state index contributed by atoms with van der Waals surface area (Å²) in [5, 5.41) is 11.2. The maximum atomic E-state index is 13.4. The van der Waals surface area contributed by atoms with Gasteiger partial charge in [-0.25, -0.2) is 0 Å². The predicted octanol–water partition coefficient (Wildman–Crippen LogP) is 10.4. The molecule has 1 N–H and O–H groups in total. The van der Waals surface area contributed by atoms with E-state index in [1.807, 2.05) is 52.0 Å². The molecule has 66 heavy (non-hydrogen) atoms. The molecule has 0 heterocycles. The van der Waals surface area contributed by atoms with Crippen molar-refractivity contribution in [1.29, 1.82) is 0 Å². The van der Waals surface area contributed by atoms with Gasteiger partial charge in [-0.15, -0.1) is 0 Å². The summed E-state index contributed by atoms with van der Waals surface area (Å²) >= 11 is 0. The van der Waals surface area contributed by atoms with Gasteiger partial charge in [0.1, 0.15) is 0 Å². The molecule has 0 saturated carbocycles. The third-order valence-corrected chi connectivity index (χ3v) is 11.7. The maximum absolute atomic E-state index is 13.4. The largest absolute Gasteiger partial charge is 0.493 e. The van der Waals surface area contributed by atoms with Crippen LogP contribution >= 0.6 is 0 Å². The molecule has 2 aromatic carbocycles. The summed E-state index contributed by atoms with van der Waals surface area (Å²) in [5.41, 5.74) is 1.06. The number of ether oxygens (including phenoxy) is 6. The molecule has 12 heteroatoms. The number of ketones is 1. The normalized spacial score (nSPS) is 15.7. The molecule has 0 spiro atoms. The molecule has 0 aliphatic carbocycles. The number of nitrogens with zero attached hydrogens (tertiary/aromatic N) is 2. The summed E-state index contributed by atoms with van der Waals surface area (Å²) in [6.07, 6.45) is 10.9. The molecule has 2 aromatic rings. The molecule has 0 radical (unpaired) electrons. The van der Waals surface area contributed by atoms with Crippen molar-refractivity contribution < 1.29 is 56.1 Å². The summed E-state index contributed by atoms with van der Waals surface area (Å²) in [6.45, 7) is 17.9. The second-order valence-electron chi connectivity index (χ2n) is 18.6. The number of hydrogen-bond donors (Lipinski definition) is 1. The fourth-order valence-electron chi connectivity index (χ4n) is 7.41. The topological polar surface area (TPSA) is 133 Å². The summed E-state index contributed by atoms with van der Waals surface area (Å²) < 4.78 is 76.3. The van der Waals surface area contributed by atoms with Crippen molar-refractivity contribution in [2.45, 2.75) is 100 Å². The number of aliphatic hydroxyl groups is 1. The average molecular weight is 931 g/mol. The van der Waals surface area contributed by atoms with Crippen LogP contribution in [0, 0.1) is 47.3 Å². The lowest BCUT2D eigenvalue weighted by Gasteiger charge is -2.26. The zero-order valence-electron chi connectivity index (χ0n) is 48.6. The highest BCUT2D eigenvalue weighted by Crippen LogP contribution is 2.37. The number of amides is 2. The van der Waals surface area contributed by atoms with Gasteiger partial charge in [-0.3, -0.25) is 14.4 Å². The van der Waals surface area contributed by atoms with Crippen molar-refractivity contribution in [3.63, 3.8) is 0 Å². The van der Waals surface area contributed by atoms with E-state index in [2.05, 4.69) is 27.7 Å². The predicted molar refractivity (Wildman–Crippen MR) is 267 cm³/mol. The van der Waals surface area contributed by atoms with Crippen LogP contribution in [0.1, 0.15) is 124 Å². The van der Waals surface area contributed by atoms with Crippen LogP contribution in [0.3, 0.4) is 0 Å². The maximum Gasteiger partial charge on any atom is 0.225 e. The quantitative estimate of drug-likeness (QED) is 0.0459. The molecule has 0 aliphatic rings. The second kappa shape index (κ2) is 32.3. The molecular formula is C54H88N2O10. The van der Waals surface area contributed by atoms with Crippen LogP contribution in [0.15, 0.2) is 60.7 Å². The minimum atomic E-state index is -2.64. The van der Waals surface area contributed by atoms with Crippen molar-refractivity contribution in [1.82, 2.24) is 9.80 Å². The fourth-order valence-corrected chi connectivity index (χ4v) is 7.41. The van der Waals surface area contributed by atoms with Gasteiger partial charge in [-0.1, -0.05) is 85.8 Å². The minimum absolute atomic E-state index is 0.0541. The van der Waals surface area contributed by atoms with Gasteiger partial charge >= 0.3 is 0 Å². The Balaban J connectivity index is 0.000000720. The SMILES string of the molecule is [2H]C([2H])([2H])Oc1ccc(C(=O)C(C/C=C/C[C@H](C(=O)N(C)C)C(C)C)C(C)C)cc1OCCCOC.[2H]C([2H])([2H])Oc1ccc(C(O)C(C/C=C/C[C@H](C(=O)N(C)C)C(C)C)C(C)C)cc1OCCCOC. The molecule has 0 saturated heterocycles. The molecule has 2 rings (SSSR count). The zero-order chi connectivity index (χ0) is 54.9. The Hall–Kier alpha value is -4.39. The Bertz CT molecular complexity index is 1970. The van der Waals surface area contributed by atoms with E-state index in [9.17, 15) is 19.5 Å². The number of aliphatic hydroxyl groups excluding tert-OH is 1. The lowest BCUT2D eigenvalue weighted by molar-refractivity contribution is -0.135. The van der Waals surface area contributed by atoms with Crippen LogP contribution in [0.2, 0.25) is 0 Å². The Morgan fingerprint density at radius 1 is 0.576 bits per heavy atom. The van der Waals surface area contributed by atoms with Gasteiger partial charge in [0.15, 0.2) is 28.8 Å². The molecule has 12 nitrogen and oxygen atoms in total. The van der Waals surface area contributed by atoms with Crippen molar-refractivity contribution in [3.05, 3.63) is 71.8 Å². The zero-order valence-corrected chi connectivity index (χ0v) is 42.6. The molecule has 0 bridgehead atoms. The second-order valence-corrected chi connectivity index (χ2v) is 18.6. The van der Waals surface area contributed by atoms with E-state index in [0.717, 1.165) is 0 Å². The highest BCUT2D eigenvalue weighted by molar-refractivity contribution is 5.98. The summed E-state index contributed by atoms with van der Waals surface area (Å²) in [7, 11) is 5.02. The van der Waals surface area contributed by atoms with Gasteiger partial charge in [-0.2, -0.15) is 0 Å². The molecule has 374 valence electrons. The van der Waals surface area contributed by atoms with Gasteiger partial charge in [0.25, 0.3) is 0 Å². The number of hydrogen-bond acceptors (Lipinski definition) is 10. The van der Waals surface area contributed by atoms with Gasteiger partial charge in [0.2, 0.25) is 11.8 Å². The minimum Gasteiger partial charge on any atom is -0.493 e. The first kappa shape index (κ1) is 49.5. The summed E-state index contributed by atoms with van der Waals surface area (Å²) in [5.74, 6) is 0.982. The molecular weight excluding hydrogens is 837 g/mol. The first-order chi connectivity index (χ1) is 33.6. The Morgan fingerprint density at radius 3 is 1.41 bits per heavy atom. The molecule has 0 aliphatic heterocycles. The van der Waals surface area contributed by atoms with Crippen LogP contribution in [0.25, 0.3) is 0 Å². The highest BCUT2D eigenvalue weighted by Gasteiger charge is 2.27. The number of benzene rings is 2. The van der Waals surface area contributed by atoms with E-state index < -0.39 is 20.2 Å². The lowest BCUT2D eigenvalue weighted by Crippen LogP contribution is -2.32. The summed E-state index contributed by atoms with van der Waals surface area (Å²) in [4.78, 5) is 41.6. The Morgan fingerprint density at radius 2 is 1.00 bits per heavy atom. The molecule has 2 amide bonds. The van der Waals surface area contributed by atoms with Crippen molar-refractivity contribution in [2.24, 2.45) is 47.3 Å². The van der Waals surface area contributed by atoms with E-state index in [1.165, 1.54) is 12.1 Å².